The summed E-state index contributed by atoms with van der Waals surface area (Å²) in [6.45, 7) is 1.90. The van der Waals surface area contributed by atoms with E-state index < -0.39 is 0 Å². The lowest BCUT2D eigenvalue weighted by Crippen LogP contribution is -2.30. The smallest absolute Gasteiger partial charge is 0.191 e. The van der Waals surface area contributed by atoms with Gasteiger partial charge >= 0.3 is 0 Å². The molecule has 0 aromatic carbocycles. The van der Waals surface area contributed by atoms with Gasteiger partial charge in [-0.15, -0.1) is 24.8 Å². The molecular weight excluding hydrogens is 161 g/mol. The lowest BCUT2D eigenvalue weighted by Gasteiger charge is -1.95. The summed E-state index contributed by atoms with van der Waals surface area (Å²) < 4.78 is 0. The molecule has 0 atom stereocenters. The Morgan fingerprint density at radius 3 is 2.44 bits per heavy atom. The van der Waals surface area contributed by atoms with E-state index in [1.165, 1.54) is 0 Å². The van der Waals surface area contributed by atoms with Crippen LogP contribution in [0.4, 0.5) is 0 Å². The van der Waals surface area contributed by atoms with Crippen molar-refractivity contribution in [2.24, 2.45) is 4.99 Å². The van der Waals surface area contributed by atoms with Crippen molar-refractivity contribution in [2.45, 2.75) is 0 Å². The monoisotopic (exact) mass is 171 g/mol. The molecule has 9 heavy (non-hydrogen) atoms. The van der Waals surface area contributed by atoms with Crippen molar-refractivity contribution in [2.75, 3.05) is 20.1 Å². The molecule has 0 aliphatic carbocycles. The van der Waals surface area contributed by atoms with Crippen LogP contribution < -0.4 is 10.6 Å². The average Bonchev–Trinajstić information content (AvgIpc) is 2.14. The Hall–Kier alpha value is -0.150. The van der Waals surface area contributed by atoms with E-state index in [0.717, 1.165) is 19.0 Å². The zero-order valence-corrected chi connectivity index (χ0v) is 6.81. The van der Waals surface area contributed by atoms with E-state index in [4.69, 9.17) is 0 Å². The van der Waals surface area contributed by atoms with Crippen LogP contribution in [-0.2, 0) is 0 Å². The van der Waals surface area contributed by atoms with Crippen molar-refractivity contribution in [1.82, 2.24) is 10.6 Å². The lowest BCUT2D eigenvalue weighted by molar-refractivity contribution is 0.941. The number of nitrogens with zero attached hydrogens (tertiary/aromatic N) is 1. The summed E-state index contributed by atoms with van der Waals surface area (Å²) in [6, 6.07) is 0. The molecule has 2 N–H and O–H groups in total. The quantitative estimate of drug-likeness (QED) is 0.539. The van der Waals surface area contributed by atoms with Gasteiger partial charge in [-0.3, -0.25) is 4.99 Å². The molecule has 1 aliphatic rings. The first-order valence-electron chi connectivity index (χ1n) is 2.39. The third-order valence-corrected chi connectivity index (χ3v) is 0.911. The largest absolute Gasteiger partial charge is 0.359 e. The van der Waals surface area contributed by atoms with Crippen LogP contribution in [0.3, 0.4) is 0 Å². The normalized spacial score (nSPS) is 14.1. The summed E-state index contributed by atoms with van der Waals surface area (Å²) in [5.74, 6) is 0.917. The molecule has 0 radical (unpaired) electrons. The Morgan fingerprint density at radius 1 is 1.56 bits per heavy atom. The second kappa shape index (κ2) is 5.98. The maximum Gasteiger partial charge on any atom is 0.191 e. The first-order valence-corrected chi connectivity index (χ1v) is 2.39. The van der Waals surface area contributed by atoms with Gasteiger partial charge < -0.3 is 10.6 Å². The standard InChI is InChI=1S/C4H9N3.2ClH/c1-5-4-6-2-3-7-4;;/h2-3H2,1H3,(H2,5,6,7);2*1H. The maximum absolute atomic E-state index is 4.05. The third-order valence-electron chi connectivity index (χ3n) is 0.911. The van der Waals surface area contributed by atoms with E-state index in [0.29, 0.717) is 0 Å². The van der Waals surface area contributed by atoms with E-state index in [1.807, 2.05) is 7.05 Å². The summed E-state index contributed by atoms with van der Waals surface area (Å²) in [5, 5.41) is 5.95. The molecule has 0 bridgehead atoms. The van der Waals surface area contributed by atoms with E-state index in [9.17, 15) is 0 Å². The number of aliphatic imine (C=N–C) groups is 1. The molecule has 0 aromatic rings. The molecule has 0 aromatic heterocycles. The maximum atomic E-state index is 4.05. The summed E-state index contributed by atoms with van der Waals surface area (Å²) >= 11 is 0. The molecule has 0 fully saturated rings. The third kappa shape index (κ3) is 3.43. The van der Waals surface area contributed by atoms with E-state index in [-0.39, 0.29) is 24.8 Å². The van der Waals surface area contributed by atoms with Crippen molar-refractivity contribution in [3.8, 4) is 0 Å². The van der Waals surface area contributed by atoms with Crippen LogP contribution in [0, 0.1) is 0 Å². The van der Waals surface area contributed by atoms with Crippen LogP contribution >= 0.6 is 24.8 Å². The molecule has 0 saturated carbocycles. The Balaban J connectivity index is 0. The second-order valence-electron chi connectivity index (χ2n) is 1.41. The first kappa shape index (κ1) is 11.6. The van der Waals surface area contributed by atoms with Crippen LogP contribution in [0.25, 0.3) is 0 Å². The fourth-order valence-electron chi connectivity index (χ4n) is 0.565. The van der Waals surface area contributed by atoms with Crippen LogP contribution in [0.15, 0.2) is 4.99 Å². The molecule has 1 rings (SSSR count). The molecule has 5 heteroatoms. The Labute approximate surface area is 67.1 Å². The highest BCUT2D eigenvalue weighted by atomic mass is 35.5. The molecule has 0 saturated heterocycles. The molecule has 0 unspecified atom stereocenters. The van der Waals surface area contributed by atoms with Crippen LogP contribution in [0.2, 0.25) is 0 Å². The highest BCUT2D eigenvalue weighted by Crippen LogP contribution is 1.77. The van der Waals surface area contributed by atoms with E-state index in [2.05, 4.69) is 15.6 Å². The molecule has 1 heterocycles. The molecule has 56 valence electrons. The summed E-state index contributed by atoms with van der Waals surface area (Å²) in [6.07, 6.45) is 0. The van der Waals surface area contributed by atoms with Crippen molar-refractivity contribution in [3.63, 3.8) is 0 Å². The number of halogens is 2. The van der Waals surface area contributed by atoms with Crippen molar-refractivity contribution in [3.05, 3.63) is 0 Å². The van der Waals surface area contributed by atoms with Gasteiger partial charge in [0.25, 0.3) is 0 Å². The molecule has 0 spiro atoms. The summed E-state index contributed by atoms with van der Waals surface area (Å²) in [5.41, 5.74) is 0. The van der Waals surface area contributed by atoms with Gasteiger partial charge in [0.1, 0.15) is 0 Å². The van der Waals surface area contributed by atoms with E-state index in [1.54, 1.807) is 0 Å². The molecular formula is C4H11Cl2N3. The number of nitrogens with one attached hydrogen (secondary N) is 2. The minimum absolute atomic E-state index is 0. The fraction of sp³-hybridized carbons (Fsp3) is 0.750. The average molecular weight is 172 g/mol. The van der Waals surface area contributed by atoms with Gasteiger partial charge in [0.05, 0.1) is 6.54 Å². The van der Waals surface area contributed by atoms with Gasteiger partial charge in [-0.1, -0.05) is 0 Å². The second-order valence-corrected chi connectivity index (χ2v) is 1.41. The Bertz CT molecular complexity index is 93.8. The van der Waals surface area contributed by atoms with Gasteiger partial charge in [-0.25, -0.2) is 0 Å². The minimum atomic E-state index is 0. The van der Waals surface area contributed by atoms with Gasteiger partial charge in [0.2, 0.25) is 0 Å². The lowest BCUT2D eigenvalue weighted by atomic mass is 10.7. The van der Waals surface area contributed by atoms with Gasteiger partial charge in [0, 0.05) is 13.6 Å². The van der Waals surface area contributed by atoms with Crippen LogP contribution in [-0.4, -0.2) is 26.1 Å². The fourth-order valence-corrected chi connectivity index (χ4v) is 0.565. The predicted octanol–water partition coefficient (Wildman–Crippen LogP) is 0.00860. The SMILES string of the molecule is CNC1=NCCN1.Cl.Cl. The van der Waals surface area contributed by atoms with Crippen molar-refractivity contribution in [1.29, 1.82) is 0 Å². The number of rotatable bonds is 0. The predicted molar refractivity (Wildman–Crippen MR) is 43.9 cm³/mol. The van der Waals surface area contributed by atoms with Crippen molar-refractivity contribution >= 4 is 30.8 Å². The molecule has 0 amide bonds. The van der Waals surface area contributed by atoms with Gasteiger partial charge in [-0.2, -0.15) is 0 Å². The molecule has 1 aliphatic heterocycles. The number of hydrogen-bond donors (Lipinski definition) is 2. The summed E-state index contributed by atoms with van der Waals surface area (Å²) in [4.78, 5) is 4.05. The topological polar surface area (TPSA) is 36.4 Å². The Kier molecular flexibility index (Phi) is 7.72. The van der Waals surface area contributed by atoms with Gasteiger partial charge in [-0.05, 0) is 0 Å². The van der Waals surface area contributed by atoms with Crippen LogP contribution in [0.5, 0.6) is 0 Å². The number of guanidine groups is 1. The molecule has 3 nitrogen and oxygen atoms in total. The van der Waals surface area contributed by atoms with Crippen molar-refractivity contribution < 1.29 is 0 Å². The Morgan fingerprint density at radius 2 is 2.22 bits per heavy atom. The highest BCUT2D eigenvalue weighted by Gasteiger charge is 1.98. The zero-order chi connectivity index (χ0) is 5.11. The first-order chi connectivity index (χ1) is 3.43. The van der Waals surface area contributed by atoms with E-state index >= 15 is 0 Å². The minimum Gasteiger partial charge on any atom is -0.359 e. The van der Waals surface area contributed by atoms with Crippen LogP contribution in [0.1, 0.15) is 0 Å². The number of hydrogen-bond acceptors (Lipinski definition) is 3. The highest BCUT2D eigenvalue weighted by molar-refractivity contribution is 5.85. The zero-order valence-electron chi connectivity index (χ0n) is 5.18. The van der Waals surface area contributed by atoms with Gasteiger partial charge in [0.15, 0.2) is 5.96 Å². The summed E-state index contributed by atoms with van der Waals surface area (Å²) in [7, 11) is 1.86.